The summed E-state index contributed by atoms with van der Waals surface area (Å²) in [6, 6.07) is -1.62. The fourth-order valence-electron chi connectivity index (χ4n) is 2.95. The molecule has 2 aliphatic heterocycles. The number of sulfone groups is 1. The molecule has 0 aromatic carbocycles. The maximum atomic E-state index is 12.5. The first-order chi connectivity index (χ1) is 11.0. The Balaban J connectivity index is 2.11. The van der Waals surface area contributed by atoms with Crippen molar-refractivity contribution in [1.82, 2.24) is 4.90 Å². The zero-order valence-electron chi connectivity index (χ0n) is 12.8. The highest BCUT2D eigenvalue weighted by atomic mass is 32.2. The SMILES string of the molecule is C[C@]1(COC(=O)CCCC(=O)O)[C@H](C(=O)O)N2C(=O)C[C@H]2S1(=O)=O. The molecule has 0 unspecified atom stereocenters. The largest absolute Gasteiger partial charge is 0.481 e. The number of carboxylic acid groups (broad SMARTS) is 2. The van der Waals surface area contributed by atoms with Crippen LogP contribution < -0.4 is 0 Å². The van der Waals surface area contributed by atoms with E-state index in [2.05, 4.69) is 0 Å². The Morgan fingerprint density at radius 2 is 1.92 bits per heavy atom. The van der Waals surface area contributed by atoms with Crippen LogP contribution in [0.1, 0.15) is 32.6 Å². The summed E-state index contributed by atoms with van der Waals surface area (Å²) in [4.78, 5) is 45.8. The van der Waals surface area contributed by atoms with Gasteiger partial charge in [-0.3, -0.25) is 14.4 Å². The third kappa shape index (κ3) is 2.72. The second-order valence-corrected chi connectivity index (χ2v) is 8.53. The van der Waals surface area contributed by atoms with Gasteiger partial charge in [0.2, 0.25) is 5.91 Å². The van der Waals surface area contributed by atoms with Gasteiger partial charge >= 0.3 is 17.9 Å². The number of β-lactam (4-membered cyclic amide) rings is 1. The molecule has 2 saturated heterocycles. The summed E-state index contributed by atoms with van der Waals surface area (Å²) in [6.45, 7) is 0.426. The quantitative estimate of drug-likeness (QED) is 0.427. The van der Waals surface area contributed by atoms with E-state index in [1.54, 1.807) is 0 Å². The molecule has 0 radical (unpaired) electrons. The molecule has 2 fully saturated rings. The standard InChI is InChI=1S/C13H17NO9S/c1-13(6-23-10(18)4-2-3-9(16)17)11(12(19)20)14-7(15)5-8(14)24(13,21)22/h8,11H,2-6H2,1H3,(H,16,17)(H,19,20)/t8-,11+,13+/m1/s1. The number of aliphatic carboxylic acids is 2. The second kappa shape index (κ2) is 6.04. The fourth-order valence-corrected chi connectivity index (χ4v) is 5.22. The van der Waals surface area contributed by atoms with Crippen molar-refractivity contribution in [2.24, 2.45) is 0 Å². The Hall–Kier alpha value is -2.17. The Morgan fingerprint density at radius 1 is 1.29 bits per heavy atom. The summed E-state index contributed by atoms with van der Waals surface area (Å²) in [7, 11) is -4.03. The number of hydrogen-bond donors (Lipinski definition) is 2. The lowest BCUT2D eigenvalue weighted by Gasteiger charge is -2.35. The van der Waals surface area contributed by atoms with Gasteiger partial charge in [-0.15, -0.1) is 0 Å². The number of ether oxygens (including phenoxy) is 1. The first-order valence-electron chi connectivity index (χ1n) is 7.17. The van der Waals surface area contributed by atoms with Crippen molar-refractivity contribution in [2.45, 2.75) is 48.8 Å². The molecule has 11 heteroatoms. The van der Waals surface area contributed by atoms with E-state index in [1.165, 1.54) is 0 Å². The zero-order valence-corrected chi connectivity index (χ0v) is 13.6. The number of carboxylic acids is 2. The van der Waals surface area contributed by atoms with Gasteiger partial charge in [-0.05, 0) is 13.3 Å². The number of hydrogen-bond acceptors (Lipinski definition) is 7. The van der Waals surface area contributed by atoms with Crippen molar-refractivity contribution < 1.29 is 42.5 Å². The van der Waals surface area contributed by atoms with Crippen LogP contribution in [0.3, 0.4) is 0 Å². The van der Waals surface area contributed by atoms with E-state index < -0.39 is 56.4 Å². The molecule has 0 aromatic heterocycles. The summed E-state index contributed by atoms with van der Waals surface area (Å²) in [5.41, 5.74) is 0. The van der Waals surface area contributed by atoms with E-state index in [-0.39, 0.29) is 25.7 Å². The number of fused-ring (bicyclic) bond motifs is 1. The molecular formula is C13H17NO9S. The summed E-state index contributed by atoms with van der Waals surface area (Å²) < 4.78 is 28.0. The Morgan fingerprint density at radius 3 is 2.42 bits per heavy atom. The van der Waals surface area contributed by atoms with Crippen LogP contribution in [0.25, 0.3) is 0 Å². The molecule has 1 amide bonds. The third-order valence-corrected chi connectivity index (χ3v) is 7.09. The van der Waals surface area contributed by atoms with Gasteiger partial charge in [-0.2, -0.15) is 0 Å². The van der Waals surface area contributed by atoms with Crippen molar-refractivity contribution in [3.8, 4) is 0 Å². The number of carbonyl (C=O) groups is 4. The first kappa shape index (κ1) is 18.2. The van der Waals surface area contributed by atoms with E-state index in [0.717, 1.165) is 11.8 Å². The highest BCUT2D eigenvalue weighted by Crippen LogP contribution is 2.46. The van der Waals surface area contributed by atoms with Crippen LogP contribution in [-0.2, 0) is 33.8 Å². The van der Waals surface area contributed by atoms with Crippen LogP contribution >= 0.6 is 0 Å². The summed E-state index contributed by atoms with van der Waals surface area (Å²) in [5.74, 6) is -3.97. The van der Waals surface area contributed by atoms with E-state index in [4.69, 9.17) is 9.84 Å². The molecule has 2 N–H and O–H groups in total. The minimum Gasteiger partial charge on any atom is -0.481 e. The van der Waals surface area contributed by atoms with Gasteiger partial charge in [-0.25, -0.2) is 13.2 Å². The highest BCUT2D eigenvalue weighted by molar-refractivity contribution is 7.94. The lowest BCUT2D eigenvalue weighted by molar-refractivity contribution is -0.159. The molecule has 2 rings (SSSR count). The molecule has 2 heterocycles. The van der Waals surface area contributed by atoms with Gasteiger partial charge in [0.1, 0.15) is 16.7 Å². The van der Waals surface area contributed by atoms with Gasteiger partial charge in [-0.1, -0.05) is 0 Å². The maximum Gasteiger partial charge on any atom is 0.328 e. The van der Waals surface area contributed by atoms with Crippen molar-refractivity contribution in [2.75, 3.05) is 6.61 Å². The average Bonchev–Trinajstić information content (AvgIpc) is 2.59. The predicted octanol–water partition coefficient (Wildman–Crippen LogP) is -1.02. The second-order valence-electron chi connectivity index (χ2n) is 5.97. The fraction of sp³-hybridized carbons (Fsp3) is 0.692. The van der Waals surface area contributed by atoms with Crippen molar-refractivity contribution in [3.63, 3.8) is 0 Å². The van der Waals surface area contributed by atoms with Gasteiger partial charge in [0.25, 0.3) is 0 Å². The molecule has 134 valence electrons. The van der Waals surface area contributed by atoms with Crippen molar-refractivity contribution >= 4 is 33.7 Å². The van der Waals surface area contributed by atoms with Crippen LogP contribution in [0.5, 0.6) is 0 Å². The molecule has 0 aliphatic carbocycles. The summed E-state index contributed by atoms with van der Waals surface area (Å²) in [5, 5.41) is 16.6. The van der Waals surface area contributed by atoms with Crippen molar-refractivity contribution in [1.29, 1.82) is 0 Å². The van der Waals surface area contributed by atoms with Gasteiger partial charge in [0.15, 0.2) is 15.9 Å². The van der Waals surface area contributed by atoms with Crippen LogP contribution in [0.4, 0.5) is 0 Å². The molecule has 0 aromatic rings. The molecule has 0 spiro atoms. The lowest BCUT2D eigenvalue weighted by Crippen LogP contribution is -2.58. The van der Waals surface area contributed by atoms with Crippen LogP contribution in [0.15, 0.2) is 0 Å². The number of amides is 1. The van der Waals surface area contributed by atoms with E-state index in [0.29, 0.717) is 0 Å². The van der Waals surface area contributed by atoms with E-state index >= 15 is 0 Å². The minimum atomic E-state index is -4.03. The molecule has 2 aliphatic rings. The van der Waals surface area contributed by atoms with Crippen LogP contribution in [-0.4, -0.2) is 70.1 Å². The lowest BCUT2D eigenvalue weighted by atomic mass is 9.97. The van der Waals surface area contributed by atoms with Crippen molar-refractivity contribution in [3.05, 3.63) is 0 Å². The number of esters is 1. The summed E-state index contributed by atoms with van der Waals surface area (Å²) in [6.07, 6.45) is -0.736. The molecular weight excluding hydrogens is 346 g/mol. The van der Waals surface area contributed by atoms with Crippen LogP contribution in [0.2, 0.25) is 0 Å². The van der Waals surface area contributed by atoms with Crippen LogP contribution in [0, 0.1) is 0 Å². The average molecular weight is 363 g/mol. The third-order valence-electron chi connectivity index (χ3n) is 4.34. The monoisotopic (exact) mass is 363 g/mol. The maximum absolute atomic E-state index is 12.5. The minimum absolute atomic E-state index is 0.0211. The van der Waals surface area contributed by atoms with E-state index in [9.17, 15) is 32.7 Å². The van der Waals surface area contributed by atoms with Gasteiger partial charge < -0.3 is 19.8 Å². The number of rotatable bonds is 7. The van der Waals surface area contributed by atoms with Gasteiger partial charge in [0.05, 0.1) is 6.42 Å². The Labute approximate surface area is 137 Å². The smallest absolute Gasteiger partial charge is 0.328 e. The first-order valence-corrected chi connectivity index (χ1v) is 8.72. The Bertz CT molecular complexity index is 700. The Kier molecular flexibility index (Phi) is 4.57. The van der Waals surface area contributed by atoms with Gasteiger partial charge in [0, 0.05) is 12.8 Å². The molecule has 0 saturated carbocycles. The normalized spacial score (nSPS) is 30.4. The molecule has 3 atom stereocenters. The molecule has 10 nitrogen and oxygen atoms in total. The summed E-state index contributed by atoms with van der Waals surface area (Å²) >= 11 is 0. The molecule has 0 bridgehead atoms. The number of nitrogens with zero attached hydrogens (tertiary/aromatic N) is 1. The highest BCUT2D eigenvalue weighted by Gasteiger charge is 2.70. The van der Waals surface area contributed by atoms with E-state index in [1.807, 2.05) is 0 Å². The molecule has 24 heavy (non-hydrogen) atoms. The predicted molar refractivity (Wildman–Crippen MR) is 76.4 cm³/mol. The topological polar surface area (TPSA) is 155 Å². The number of carbonyl (C=O) groups excluding carboxylic acids is 2. The zero-order chi connectivity index (χ0) is 18.3.